The van der Waals surface area contributed by atoms with Gasteiger partial charge in [0.05, 0.1) is 5.69 Å². The molecule has 0 fully saturated rings. The highest BCUT2D eigenvalue weighted by Crippen LogP contribution is 2.30. The van der Waals surface area contributed by atoms with Crippen molar-refractivity contribution in [2.24, 2.45) is 0 Å². The smallest absolute Gasteiger partial charge is 0.270 e. The second-order valence-corrected chi connectivity index (χ2v) is 5.35. The molecule has 0 spiro atoms. The van der Waals surface area contributed by atoms with Crippen LogP contribution >= 0.6 is 11.3 Å². The summed E-state index contributed by atoms with van der Waals surface area (Å²) in [6.45, 7) is 2.68. The first-order chi connectivity index (χ1) is 8.66. The van der Waals surface area contributed by atoms with Crippen molar-refractivity contribution in [2.45, 2.75) is 13.3 Å². The number of carbonyl (C=O) groups excluding carboxylic acids is 1. The van der Waals surface area contributed by atoms with E-state index in [1.165, 1.54) is 11.3 Å². The maximum absolute atomic E-state index is 12.4. The number of para-hydroxylation sites is 1. The molecule has 0 atom stereocenters. The van der Waals surface area contributed by atoms with Gasteiger partial charge in [-0.2, -0.15) is 0 Å². The number of thiazole rings is 1. The van der Waals surface area contributed by atoms with Gasteiger partial charge in [0.25, 0.3) is 5.91 Å². The number of benzene rings is 1. The lowest BCUT2D eigenvalue weighted by atomic mass is 10.1. The van der Waals surface area contributed by atoms with Crippen molar-refractivity contribution in [1.29, 1.82) is 0 Å². The average Bonchev–Trinajstić information content (AvgIpc) is 2.73. The topological polar surface area (TPSA) is 59.2 Å². The summed E-state index contributed by atoms with van der Waals surface area (Å²) in [4.78, 5) is 19.1. The molecule has 0 bridgehead atoms. The zero-order valence-electron chi connectivity index (χ0n) is 10.0. The van der Waals surface area contributed by atoms with E-state index in [9.17, 15) is 4.79 Å². The van der Waals surface area contributed by atoms with Gasteiger partial charge in [-0.1, -0.05) is 29.5 Å². The molecule has 3 rings (SSSR count). The highest BCUT2D eigenvalue weighted by molar-refractivity contribution is 7.17. The number of hydrogen-bond donors (Lipinski definition) is 1. The van der Waals surface area contributed by atoms with Crippen LogP contribution in [0.4, 0.5) is 10.8 Å². The molecule has 0 unspecified atom stereocenters. The number of fused-ring (bicyclic) bond motifs is 1. The maximum atomic E-state index is 12.4. The average molecular weight is 259 g/mol. The van der Waals surface area contributed by atoms with Gasteiger partial charge in [0.2, 0.25) is 0 Å². The molecule has 4 nitrogen and oxygen atoms in total. The van der Waals surface area contributed by atoms with Gasteiger partial charge >= 0.3 is 0 Å². The van der Waals surface area contributed by atoms with Crippen LogP contribution in [-0.2, 0) is 6.42 Å². The van der Waals surface area contributed by atoms with Gasteiger partial charge in [0, 0.05) is 18.7 Å². The van der Waals surface area contributed by atoms with Crippen LogP contribution < -0.4 is 10.6 Å². The first kappa shape index (κ1) is 11.2. The molecule has 18 heavy (non-hydrogen) atoms. The van der Waals surface area contributed by atoms with E-state index in [2.05, 4.69) is 4.98 Å². The zero-order valence-corrected chi connectivity index (χ0v) is 10.8. The lowest BCUT2D eigenvalue weighted by Gasteiger charge is -2.27. The van der Waals surface area contributed by atoms with Crippen LogP contribution in [-0.4, -0.2) is 17.4 Å². The van der Waals surface area contributed by atoms with Crippen molar-refractivity contribution in [3.63, 3.8) is 0 Å². The number of rotatable bonds is 1. The summed E-state index contributed by atoms with van der Waals surface area (Å²) in [5.74, 6) is 0.0137. The van der Waals surface area contributed by atoms with Gasteiger partial charge in [0.15, 0.2) is 5.13 Å². The molecule has 1 aromatic carbocycles. The van der Waals surface area contributed by atoms with E-state index in [4.69, 9.17) is 5.73 Å². The van der Waals surface area contributed by atoms with E-state index in [-0.39, 0.29) is 5.91 Å². The second-order valence-electron chi connectivity index (χ2n) is 4.32. The van der Waals surface area contributed by atoms with E-state index in [1.807, 2.05) is 36.1 Å². The zero-order chi connectivity index (χ0) is 12.7. The Hall–Kier alpha value is -1.88. The maximum Gasteiger partial charge on any atom is 0.270 e. The molecule has 0 aliphatic carbocycles. The molecule has 0 saturated heterocycles. The summed E-state index contributed by atoms with van der Waals surface area (Å²) in [5.41, 5.74) is 8.59. The Morgan fingerprint density at radius 2 is 2.17 bits per heavy atom. The second kappa shape index (κ2) is 4.10. The van der Waals surface area contributed by atoms with E-state index < -0.39 is 0 Å². The minimum Gasteiger partial charge on any atom is -0.375 e. The normalized spacial score (nSPS) is 14.7. The molecule has 2 N–H and O–H groups in total. The fourth-order valence-corrected chi connectivity index (χ4v) is 3.07. The van der Waals surface area contributed by atoms with Crippen molar-refractivity contribution in [1.82, 2.24) is 4.98 Å². The molecule has 1 amide bonds. The molecule has 1 aromatic heterocycles. The van der Waals surface area contributed by atoms with Gasteiger partial charge in [-0.3, -0.25) is 4.79 Å². The van der Waals surface area contributed by atoms with Gasteiger partial charge < -0.3 is 10.6 Å². The van der Waals surface area contributed by atoms with Crippen LogP contribution in [0, 0.1) is 6.92 Å². The van der Waals surface area contributed by atoms with E-state index in [1.54, 1.807) is 0 Å². The summed E-state index contributed by atoms with van der Waals surface area (Å²) in [6.07, 6.45) is 0.767. The number of carbonyl (C=O) groups is 1. The third kappa shape index (κ3) is 1.67. The van der Waals surface area contributed by atoms with Crippen LogP contribution in [0.5, 0.6) is 0 Å². The van der Waals surface area contributed by atoms with Crippen LogP contribution in [0.15, 0.2) is 24.3 Å². The third-order valence-electron chi connectivity index (χ3n) is 3.13. The standard InChI is InChI=1S/C13H13N3OS/c1-8-4-2-3-5-10(8)16-7-6-9-11(12(16)17)18-13(14)15-9/h2-5H,6-7H2,1H3,(H2,14,15). The summed E-state index contributed by atoms with van der Waals surface area (Å²) in [5, 5.41) is 0.472. The lowest BCUT2D eigenvalue weighted by molar-refractivity contribution is 0.0984. The van der Waals surface area contributed by atoms with E-state index in [0.29, 0.717) is 16.6 Å². The molecule has 1 aliphatic heterocycles. The molecule has 0 radical (unpaired) electrons. The molecule has 2 aromatic rings. The third-order valence-corrected chi connectivity index (χ3v) is 4.05. The van der Waals surface area contributed by atoms with Crippen molar-refractivity contribution in [2.75, 3.05) is 17.2 Å². The quantitative estimate of drug-likeness (QED) is 0.854. The first-order valence-corrected chi connectivity index (χ1v) is 6.61. The minimum atomic E-state index is 0.0137. The molecular weight excluding hydrogens is 246 g/mol. The van der Waals surface area contributed by atoms with Crippen molar-refractivity contribution in [3.8, 4) is 0 Å². The Kier molecular flexibility index (Phi) is 2.56. The van der Waals surface area contributed by atoms with Gasteiger partial charge in [-0.15, -0.1) is 0 Å². The predicted molar refractivity (Wildman–Crippen MR) is 73.1 cm³/mol. The molecule has 92 valence electrons. The van der Waals surface area contributed by atoms with Gasteiger partial charge in [-0.05, 0) is 18.6 Å². The van der Waals surface area contributed by atoms with Crippen LogP contribution in [0.25, 0.3) is 0 Å². The fraction of sp³-hybridized carbons (Fsp3) is 0.231. The van der Waals surface area contributed by atoms with Crippen molar-refractivity contribution < 1.29 is 4.79 Å². The number of aromatic nitrogens is 1. The monoisotopic (exact) mass is 259 g/mol. The first-order valence-electron chi connectivity index (χ1n) is 5.79. The van der Waals surface area contributed by atoms with E-state index >= 15 is 0 Å². The predicted octanol–water partition coefficient (Wildman–Crippen LogP) is 2.24. The van der Waals surface area contributed by atoms with E-state index in [0.717, 1.165) is 23.4 Å². The molecule has 1 aliphatic rings. The van der Waals surface area contributed by atoms with Gasteiger partial charge in [0.1, 0.15) is 4.88 Å². The largest absolute Gasteiger partial charge is 0.375 e. The van der Waals surface area contributed by atoms with Crippen molar-refractivity contribution >= 4 is 28.1 Å². The Balaban J connectivity index is 2.03. The highest BCUT2D eigenvalue weighted by Gasteiger charge is 2.29. The highest BCUT2D eigenvalue weighted by atomic mass is 32.1. The number of anilines is 2. The van der Waals surface area contributed by atoms with Crippen LogP contribution in [0.1, 0.15) is 20.9 Å². The summed E-state index contributed by atoms with van der Waals surface area (Å²) >= 11 is 1.28. The Morgan fingerprint density at radius 1 is 1.39 bits per heavy atom. The molecule has 5 heteroatoms. The Bertz CT molecular complexity index is 620. The summed E-state index contributed by atoms with van der Waals surface area (Å²) in [7, 11) is 0. The Labute approximate surface area is 109 Å². The van der Waals surface area contributed by atoms with Crippen molar-refractivity contribution in [3.05, 3.63) is 40.4 Å². The molecule has 0 saturated carbocycles. The lowest BCUT2D eigenvalue weighted by Crippen LogP contribution is -2.37. The molecular formula is C13H13N3OS. The number of amides is 1. The fourth-order valence-electron chi connectivity index (χ4n) is 2.24. The minimum absolute atomic E-state index is 0.0137. The van der Waals surface area contributed by atoms with Crippen LogP contribution in [0.3, 0.4) is 0 Å². The molecule has 2 heterocycles. The van der Waals surface area contributed by atoms with Crippen LogP contribution in [0.2, 0.25) is 0 Å². The number of nitrogens with zero attached hydrogens (tertiary/aromatic N) is 2. The summed E-state index contributed by atoms with van der Waals surface area (Å²) < 4.78 is 0. The Morgan fingerprint density at radius 3 is 2.94 bits per heavy atom. The number of nitrogen functional groups attached to an aromatic ring is 1. The SMILES string of the molecule is Cc1ccccc1N1CCc2nc(N)sc2C1=O. The number of hydrogen-bond acceptors (Lipinski definition) is 4. The number of aryl methyl sites for hydroxylation is 1. The number of nitrogens with two attached hydrogens (primary N) is 1. The summed E-state index contributed by atoms with van der Waals surface area (Å²) in [6, 6.07) is 7.91. The van der Waals surface area contributed by atoms with Gasteiger partial charge in [-0.25, -0.2) is 4.98 Å².